The Kier molecular flexibility index (Phi) is 4.57. The van der Waals surface area contributed by atoms with Crippen LogP contribution in [0.3, 0.4) is 0 Å². The van der Waals surface area contributed by atoms with Crippen molar-refractivity contribution in [2.45, 2.75) is 6.92 Å². The molecule has 0 bridgehead atoms. The van der Waals surface area contributed by atoms with E-state index in [0.29, 0.717) is 16.4 Å². The third kappa shape index (κ3) is 3.44. The molecule has 0 N–H and O–H groups in total. The molecule has 0 fully saturated rings. The molecule has 3 aromatic rings. The van der Waals surface area contributed by atoms with Gasteiger partial charge in [-0.25, -0.2) is 4.98 Å². The number of fused-ring (bicyclic) bond motifs is 1. The molecule has 0 spiro atoms. The van der Waals surface area contributed by atoms with Crippen LogP contribution in [-0.2, 0) is 4.79 Å². The number of para-hydroxylation sites is 1. The lowest BCUT2D eigenvalue weighted by Gasteiger charge is -2.14. The predicted octanol–water partition coefficient (Wildman–Crippen LogP) is 3.54. The Bertz CT molecular complexity index is 871. The lowest BCUT2D eigenvalue weighted by atomic mass is 10.1. The van der Waals surface area contributed by atoms with Crippen LogP contribution < -0.4 is 9.64 Å². The Morgan fingerprint density at radius 1 is 1.17 bits per heavy atom. The smallest absolute Gasteiger partial charge is 0.266 e. The minimum atomic E-state index is -0.206. The largest absolute Gasteiger partial charge is 0.484 e. The Balaban J connectivity index is 1.68. The molecule has 5 nitrogen and oxygen atoms in total. The summed E-state index contributed by atoms with van der Waals surface area (Å²) < 4.78 is 6.54. The van der Waals surface area contributed by atoms with Gasteiger partial charge in [0.1, 0.15) is 5.75 Å². The van der Waals surface area contributed by atoms with Gasteiger partial charge in [0.15, 0.2) is 17.5 Å². The maximum atomic E-state index is 12.3. The third-order valence-corrected chi connectivity index (χ3v) is 4.66. The molecule has 0 unspecified atom stereocenters. The number of anilines is 1. The second kappa shape index (κ2) is 6.80. The standard InChI is InChI=1S/C18H16N2O3S/c1-12(21)13-6-5-7-14(10-13)23-11-17(22)20(2)18-19-15-8-3-4-9-16(15)24-18/h3-10H,11H2,1-2H3. The number of carbonyl (C=O) groups excluding carboxylic acids is 2. The van der Waals surface area contributed by atoms with Crippen molar-refractivity contribution >= 4 is 38.4 Å². The van der Waals surface area contributed by atoms with Crippen molar-refractivity contribution in [1.82, 2.24) is 4.98 Å². The number of amides is 1. The summed E-state index contributed by atoms with van der Waals surface area (Å²) >= 11 is 1.46. The van der Waals surface area contributed by atoms with E-state index in [4.69, 9.17) is 4.74 Å². The summed E-state index contributed by atoms with van der Waals surface area (Å²) in [7, 11) is 1.68. The van der Waals surface area contributed by atoms with Crippen LogP contribution >= 0.6 is 11.3 Å². The van der Waals surface area contributed by atoms with Crippen LogP contribution in [0.4, 0.5) is 5.13 Å². The summed E-state index contributed by atoms with van der Waals surface area (Å²) in [6.45, 7) is 1.37. The lowest BCUT2D eigenvalue weighted by molar-refractivity contribution is -0.120. The van der Waals surface area contributed by atoms with Gasteiger partial charge in [-0.05, 0) is 31.2 Å². The topological polar surface area (TPSA) is 59.5 Å². The third-order valence-electron chi connectivity index (χ3n) is 3.55. The van der Waals surface area contributed by atoms with E-state index >= 15 is 0 Å². The molecule has 0 saturated carbocycles. The van der Waals surface area contributed by atoms with Gasteiger partial charge in [0, 0.05) is 12.6 Å². The molecule has 1 aromatic heterocycles. The van der Waals surface area contributed by atoms with Gasteiger partial charge < -0.3 is 4.74 Å². The van der Waals surface area contributed by atoms with Gasteiger partial charge in [-0.1, -0.05) is 35.6 Å². The number of hydrogen-bond acceptors (Lipinski definition) is 5. The van der Waals surface area contributed by atoms with Gasteiger partial charge in [-0.2, -0.15) is 0 Å². The molecule has 0 saturated heterocycles. The normalized spacial score (nSPS) is 10.6. The highest BCUT2D eigenvalue weighted by molar-refractivity contribution is 7.22. The van der Waals surface area contributed by atoms with Gasteiger partial charge in [0.2, 0.25) is 0 Å². The number of carbonyl (C=O) groups is 2. The van der Waals surface area contributed by atoms with Crippen molar-refractivity contribution in [2.24, 2.45) is 0 Å². The highest BCUT2D eigenvalue weighted by Gasteiger charge is 2.16. The summed E-state index contributed by atoms with van der Waals surface area (Å²) in [6, 6.07) is 14.5. The van der Waals surface area contributed by atoms with Crippen LogP contribution in [0, 0.1) is 0 Å². The average molecular weight is 340 g/mol. The van der Waals surface area contributed by atoms with E-state index < -0.39 is 0 Å². The first-order valence-electron chi connectivity index (χ1n) is 7.40. The van der Waals surface area contributed by atoms with Gasteiger partial charge in [0.05, 0.1) is 10.2 Å². The van der Waals surface area contributed by atoms with Crippen molar-refractivity contribution in [3.8, 4) is 5.75 Å². The minimum Gasteiger partial charge on any atom is -0.484 e. The zero-order valence-corrected chi connectivity index (χ0v) is 14.2. The first-order chi connectivity index (χ1) is 11.5. The molecule has 24 heavy (non-hydrogen) atoms. The molecule has 0 radical (unpaired) electrons. The van der Waals surface area contributed by atoms with Crippen molar-refractivity contribution in [3.63, 3.8) is 0 Å². The SMILES string of the molecule is CC(=O)c1cccc(OCC(=O)N(C)c2nc3ccccc3s2)c1. The van der Waals surface area contributed by atoms with E-state index in [1.165, 1.54) is 23.2 Å². The summed E-state index contributed by atoms with van der Waals surface area (Å²) in [6.07, 6.45) is 0. The molecule has 6 heteroatoms. The van der Waals surface area contributed by atoms with Gasteiger partial charge >= 0.3 is 0 Å². The number of likely N-dealkylation sites (N-methyl/N-ethyl adjacent to an activating group) is 1. The monoisotopic (exact) mass is 340 g/mol. The van der Waals surface area contributed by atoms with Gasteiger partial charge in [-0.15, -0.1) is 0 Å². The van der Waals surface area contributed by atoms with Crippen molar-refractivity contribution in [2.75, 3.05) is 18.6 Å². The molecular formula is C18H16N2O3S. The molecular weight excluding hydrogens is 324 g/mol. The van der Waals surface area contributed by atoms with Crippen molar-refractivity contribution < 1.29 is 14.3 Å². The Hall–Kier alpha value is -2.73. The zero-order chi connectivity index (χ0) is 17.1. The van der Waals surface area contributed by atoms with Crippen LogP contribution in [0.2, 0.25) is 0 Å². The van der Waals surface area contributed by atoms with Crippen LogP contribution in [0.5, 0.6) is 5.75 Å². The molecule has 122 valence electrons. The first-order valence-corrected chi connectivity index (χ1v) is 8.22. The van der Waals surface area contributed by atoms with Gasteiger partial charge in [0.25, 0.3) is 5.91 Å². The average Bonchev–Trinajstić information content (AvgIpc) is 3.03. The molecule has 2 aromatic carbocycles. The number of nitrogens with zero attached hydrogens (tertiary/aromatic N) is 2. The fraction of sp³-hybridized carbons (Fsp3) is 0.167. The highest BCUT2D eigenvalue weighted by Crippen LogP contribution is 2.27. The van der Waals surface area contributed by atoms with E-state index in [1.807, 2.05) is 24.3 Å². The van der Waals surface area contributed by atoms with E-state index in [2.05, 4.69) is 4.98 Å². The number of ether oxygens (including phenoxy) is 1. The quantitative estimate of drug-likeness (QED) is 0.667. The van der Waals surface area contributed by atoms with Crippen molar-refractivity contribution in [1.29, 1.82) is 0 Å². The minimum absolute atomic E-state index is 0.0432. The Morgan fingerprint density at radius 2 is 1.96 bits per heavy atom. The summed E-state index contributed by atoms with van der Waals surface area (Å²) in [4.78, 5) is 29.6. The second-order valence-corrected chi connectivity index (χ2v) is 6.30. The van der Waals surface area contributed by atoms with Crippen molar-refractivity contribution in [3.05, 3.63) is 54.1 Å². The van der Waals surface area contributed by atoms with E-state index in [0.717, 1.165) is 10.2 Å². The Morgan fingerprint density at radius 3 is 2.71 bits per heavy atom. The number of thiazole rings is 1. The van der Waals surface area contributed by atoms with Crippen LogP contribution in [0.25, 0.3) is 10.2 Å². The van der Waals surface area contributed by atoms with E-state index in [9.17, 15) is 9.59 Å². The number of aromatic nitrogens is 1. The molecule has 1 heterocycles. The Labute approximate surface area is 143 Å². The fourth-order valence-corrected chi connectivity index (χ4v) is 3.10. The zero-order valence-electron chi connectivity index (χ0n) is 13.4. The summed E-state index contributed by atoms with van der Waals surface area (Å²) in [5, 5.41) is 0.627. The summed E-state index contributed by atoms with van der Waals surface area (Å²) in [5.41, 5.74) is 1.42. The molecule has 0 aliphatic heterocycles. The maximum Gasteiger partial charge on any atom is 0.266 e. The van der Waals surface area contributed by atoms with Crippen LogP contribution in [0.1, 0.15) is 17.3 Å². The molecule has 0 aliphatic rings. The van der Waals surface area contributed by atoms with Gasteiger partial charge in [-0.3, -0.25) is 14.5 Å². The second-order valence-electron chi connectivity index (χ2n) is 5.29. The molecule has 1 amide bonds. The number of rotatable bonds is 5. The molecule has 3 rings (SSSR count). The number of hydrogen-bond donors (Lipinski definition) is 0. The van der Waals surface area contributed by atoms with E-state index in [1.54, 1.807) is 31.3 Å². The lowest BCUT2D eigenvalue weighted by Crippen LogP contribution is -2.31. The maximum absolute atomic E-state index is 12.3. The van der Waals surface area contributed by atoms with E-state index in [-0.39, 0.29) is 18.3 Å². The number of ketones is 1. The number of Topliss-reactive ketones (excluding diaryl/α,β-unsaturated/α-hetero) is 1. The fourth-order valence-electron chi connectivity index (χ4n) is 2.16. The summed E-state index contributed by atoms with van der Waals surface area (Å²) in [5.74, 6) is 0.245. The predicted molar refractivity (Wildman–Crippen MR) is 95.0 cm³/mol. The number of benzene rings is 2. The molecule has 0 aliphatic carbocycles. The van der Waals surface area contributed by atoms with Crippen LogP contribution in [0.15, 0.2) is 48.5 Å². The molecule has 0 atom stereocenters. The highest BCUT2D eigenvalue weighted by atomic mass is 32.1. The van der Waals surface area contributed by atoms with Crippen LogP contribution in [-0.4, -0.2) is 30.3 Å². The first kappa shape index (κ1) is 16.1.